The Morgan fingerprint density at radius 2 is 2.27 bits per heavy atom. The second-order valence-corrected chi connectivity index (χ2v) is 7.75. The van der Waals surface area contributed by atoms with Crippen molar-refractivity contribution in [2.45, 2.75) is 65.6 Å². The number of halogens is 1. The van der Waals surface area contributed by atoms with Crippen LogP contribution in [0.5, 0.6) is 0 Å². The molecule has 2 aromatic heterocycles. The standard InChI is InChI=1S/C18H28N6S.HI/c1-5-19-18(20-9-17-13(4)21-11-25-17)22-15-7-6-14-10-24(12(2)3)23-16(14)8-15;/h10-12,15H,5-9H2,1-4H3,(H2,19,20,22);1H. The first kappa shape index (κ1) is 21.1. The van der Waals surface area contributed by atoms with Crippen molar-refractivity contribution >= 4 is 41.3 Å². The highest BCUT2D eigenvalue weighted by molar-refractivity contribution is 14.0. The van der Waals surface area contributed by atoms with Crippen molar-refractivity contribution in [3.05, 3.63) is 33.5 Å². The lowest BCUT2D eigenvalue weighted by atomic mass is 9.94. The van der Waals surface area contributed by atoms with Gasteiger partial charge in [-0.3, -0.25) is 4.68 Å². The monoisotopic (exact) mass is 488 g/mol. The van der Waals surface area contributed by atoms with Gasteiger partial charge in [-0.05, 0) is 46.1 Å². The Balaban J connectivity index is 0.00000243. The first-order valence-corrected chi connectivity index (χ1v) is 9.95. The van der Waals surface area contributed by atoms with Gasteiger partial charge in [0.05, 0.1) is 23.4 Å². The smallest absolute Gasteiger partial charge is 0.191 e. The molecule has 2 heterocycles. The molecule has 0 aromatic carbocycles. The van der Waals surface area contributed by atoms with E-state index in [1.807, 2.05) is 12.4 Å². The summed E-state index contributed by atoms with van der Waals surface area (Å²) in [7, 11) is 0. The van der Waals surface area contributed by atoms with E-state index in [9.17, 15) is 0 Å². The van der Waals surface area contributed by atoms with Gasteiger partial charge in [0.25, 0.3) is 0 Å². The van der Waals surface area contributed by atoms with E-state index in [0.717, 1.165) is 37.5 Å². The van der Waals surface area contributed by atoms with Crippen LogP contribution in [0.25, 0.3) is 0 Å². The summed E-state index contributed by atoms with van der Waals surface area (Å²) in [5.41, 5.74) is 5.58. The zero-order valence-electron chi connectivity index (χ0n) is 16.0. The normalized spacial score (nSPS) is 17.0. The Bertz CT molecular complexity index is 736. The highest BCUT2D eigenvalue weighted by atomic mass is 127. The number of thiazole rings is 1. The predicted octanol–water partition coefficient (Wildman–Crippen LogP) is 3.46. The molecule has 2 N–H and O–H groups in total. The van der Waals surface area contributed by atoms with Gasteiger partial charge in [-0.25, -0.2) is 9.98 Å². The molecule has 1 aliphatic carbocycles. The number of hydrogen-bond acceptors (Lipinski definition) is 4. The lowest BCUT2D eigenvalue weighted by Crippen LogP contribution is -2.45. The van der Waals surface area contributed by atoms with Crippen LogP contribution in [0.4, 0.5) is 0 Å². The summed E-state index contributed by atoms with van der Waals surface area (Å²) in [6.45, 7) is 10.0. The summed E-state index contributed by atoms with van der Waals surface area (Å²) < 4.78 is 2.08. The van der Waals surface area contributed by atoms with E-state index < -0.39 is 0 Å². The largest absolute Gasteiger partial charge is 0.357 e. The molecule has 0 spiro atoms. The SMILES string of the molecule is CCNC(=NCc1scnc1C)NC1CCc2cn(C(C)C)nc2C1.I. The van der Waals surface area contributed by atoms with Crippen molar-refractivity contribution in [3.8, 4) is 0 Å². The zero-order chi connectivity index (χ0) is 17.8. The fourth-order valence-corrected chi connectivity index (χ4v) is 3.74. The van der Waals surface area contributed by atoms with E-state index in [0.29, 0.717) is 18.6 Å². The number of aliphatic imine (C=N–C) groups is 1. The summed E-state index contributed by atoms with van der Waals surface area (Å²) in [5, 5.41) is 11.7. The Hall–Kier alpha value is -1.16. The quantitative estimate of drug-likeness (QED) is 0.385. The molecule has 3 rings (SSSR count). The number of nitrogens with one attached hydrogen (secondary N) is 2. The third-order valence-corrected chi connectivity index (χ3v) is 5.46. The Kier molecular flexibility index (Phi) is 7.87. The average molecular weight is 488 g/mol. The van der Waals surface area contributed by atoms with Crippen LogP contribution in [0.1, 0.15) is 55.1 Å². The van der Waals surface area contributed by atoms with Gasteiger partial charge in [0.1, 0.15) is 0 Å². The van der Waals surface area contributed by atoms with Gasteiger partial charge in [-0.15, -0.1) is 35.3 Å². The average Bonchev–Trinajstić information content (AvgIpc) is 3.18. The molecule has 144 valence electrons. The van der Waals surface area contributed by atoms with E-state index in [4.69, 9.17) is 10.1 Å². The van der Waals surface area contributed by atoms with Crippen LogP contribution in [-0.4, -0.2) is 33.3 Å². The number of aryl methyl sites for hydroxylation is 2. The van der Waals surface area contributed by atoms with Crippen molar-refractivity contribution in [1.29, 1.82) is 0 Å². The minimum Gasteiger partial charge on any atom is -0.357 e. The first-order valence-electron chi connectivity index (χ1n) is 9.07. The molecular formula is C18H29IN6S. The molecule has 2 aromatic rings. The Morgan fingerprint density at radius 1 is 1.46 bits per heavy atom. The Morgan fingerprint density at radius 3 is 2.92 bits per heavy atom. The van der Waals surface area contributed by atoms with E-state index in [-0.39, 0.29) is 24.0 Å². The van der Waals surface area contributed by atoms with Crippen LogP contribution in [-0.2, 0) is 19.4 Å². The topological polar surface area (TPSA) is 67.1 Å². The zero-order valence-corrected chi connectivity index (χ0v) is 19.1. The molecule has 0 saturated heterocycles. The molecule has 0 radical (unpaired) electrons. The summed E-state index contributed by atoms with van der Waals surface area (Å²) in [4.78, 5) is 10.3. The van der Waals surface area contributed by atoms with Gasteiger partial charge >= 0.3 is 0 Å². The summed E-state index contributed by atoms with van der Waals surface area (Å²) >= 11 is 1.67. The van der Waals surface area contributed by atoms with Crippen molar-refractivity contribution in [2.24, 2.45) is 4.99 Å². The van der Waals surface area contributed by atoms with Gasteiger partial charge in [0.2, 0.25) is 0 Å². The maximum Gasteiger partial charge on any atom is 0.191 e. The number of fused-ring (bicyclic) bond motifs is 1. The number of aromatic nitrogens is 3. The van der Waals surface area contributed by atoms with E-state index in [2.05, 4.69) is 47.3 Å². The summed E-state index contributed by atoms with van der Waals surface area (Å²) in [6.07, 6.45) is 5.36. The summed E-state index contributed by atoms with van der Waals surface area (Å²) in [6, 6.07) is 0.793. The second-order valence-electron chi connectivity index (χ2n) is 6.81. The maximum atomic E-state index is 4.76. The van der Waals surface area contributed by atoms with Gasteiger partial charge in [-0.2, -0.15) is 5.10 Å². The van der Waals surface area contributed by atoms with E-state index in [1.165, 1.54) is 16.1 Å². The number of rotatable bonds is 5. The second kappa shape index (κ2) is 9.68. The molecule has 0 amide bonds. The van der Waals surface area contributed by atoms with Crippen LogP contribution >= 0.6 is 35.3 Å². The van der Waals surface area contributed by atoms with Crippen LogP contribution < -0.4 is 10.6 Å². The minimum absolute atomic E-state index is 0. The fourth-order valence-electron chi connectivity index (χ4n) is 3.04. The highest BCUT2D eigenvalue weighted by Gasteiger charge is 2.23. The van der Waals surface area contributed by atoms with Crippen LogP contribution in [0.2, 0.25) is 0 Å². The molecule has 0 bridgehead atoms. The lowest BCUT2D eigenvalue weighted by molar-refractivity contribution is 0.499. The molecule has 0 aliphatic heterocycles. The molecule has 26 heavy (non-hydrogen) atoms. The highest BCUT2D eigenvalue weighted by Crippen LogP contribution is 2.22. The third kappa shape index (κ3) is 5.18. The van der Waals surface area contributed by atoms with Gasteiger partial charge < -0.3 is 10.6 Å². The minimum atomic E-state index is 0. The molecular weight excluding hydrogens is 459 g/mol. The van der Waals surface area contributed by atoms with Crippen LogP contribution in [0.3, 0.4) is 0 Å². The molecule has 0 saturated carbocycles. The molecule has 1 unspecified atom stereocenters. The Labute approximate surface area is 176 Å². The number of guanidine groups is 1. The van der Waals surface area contributed by atoms with Crippen molar-refractivity contribution in [3.63, 3.8) is 0 Å². The van der Waals surface area contributed by atoms with Crippen molar-refractivity contribution in [1.82, 2.24) is 25.4 Å². The van der Waals surface area contributed by atoms with E-state index in [1.54, 1.807) is 11.3 Å². The third-order valence-electron chi connectivity index (χ3n) is 4.54. The van der Waals surface area contributed by atoms with Crippen molar-refractivity contribution < 1.29 is 0 Å². The molecule has 8 heteroatoms. The molecule has 0 fully saturated rings. The van der Waals surface area contributed by atoms with Gasteiger partial charge in [-0.1, -0.05) is 0 Å². The molecule has 1 atom stereocenters. The number of nitrogens with zero attached hydrogens (tertiary/aromatic N) is 4. The molecule has 6 nitrogen and oxygen atoms in total. The van der Waals surface area contributed by atoms with Crippen LogP contribution in [0, 0.1) is 6.92 Å². The van der Waals surface area contributed by atoms with Crippen LogP contribution in [0.15, 0.2) is 16.7 Å². The summed E-state index contributed by atoms with van der Waals surface area (Å²) in [5.74, 6) is 0.882. The van der Waals surface area contributed by atoms with E-state index >= 15 is 0 Å². The van der Waals surface area contributed by atoms with Gasteiger partial charge in [0.15, 0.2) is 5.96 Å². The van der Waals surface area contributed by atoms with Gasteiger partial charge in [0, 0.05) is 36.1 Å². The first-order chi connectivity index (χ1) is 12.1. The number of hydrogen-bond donors (Lipinski definition) is 2. The molecule has 1 aliphatic rings. The predicted molar refractivity (Wildman–Crippen MR) is 119 cm³/mol. The fraction of sp³-hybridized carbons (Fsp3) is 0.611. The lowest BCUT2D eigenvalue weighted by Gasteiger charge is -2.24. The maximum absolute atomic E-state index is 4.76. The van der Waals surface area contributed by atoms with Crippen molar-refractivity contribution in [2.75, 3.05) is 6.54 Å².